The van der Waals surface area contributed by atoms with Gasteiger partial charge in [-0.15, -0.1) is 0 Å². The summed E-state index contributed by atoms with van der Waals surface area (Å²) in [5.41, 5.74) is 2.35. The highest BCUT2D eigenvalue weighted by atomic mass is 32.2. The fourth-order valence-electron chi connectivity index (χ4n) is 3.32. The topological polar surface area (TPSA) is 66.5 Å². The highest BCUT2D eigenvalue weighted by Gasteiger charge is 2.22. The van der Waals surface area contributed by atoms with E-state index in [2.05, 4.69) is 4.72 Å². The number of piperidine rings is 1. The van der Waals surface area contributed by atoms with Gasteiger partial charge in [0.25, 0.3) is 5.91 Å². The third kappa shape index (κ3) is 4.96. The molecule has 1 aliphatic heterocycles. The van der Waals surface area contributed by atoms with Crippen molar-refractivity contribution in [2.24, 2.45) is 0 Å². The van der Waals surface area contributed by atoms with E-state index >= 15 is 0 Å². The number of carbonyl (C=O) groups excluding carboxylic acids is 1. The molecule has 0 atom stereocenters. The van der Waals surface area contributed by atoms with Crippen LogP contribution in [0.2, 0.25) is 0 Å². The largest absolute Gasteiger partial charge is 0.339 e. The molecule has 0 radical (unpaired) electrons. The molecule has 1 saturated heterocycles. The molecule has 0 bridgehead atoms. The number of sulfonamides is 1. The monoisotopic (exact) mass is 386 g/mol. The molecule has 1 fully saturated rings. The molecule has 2 aromatic rings. The summed E-state index contributed by atoms with van der Waals surface area (Å²) in [6, 6.07) is 14.5. The van der Waals surface area contributed by atoms with Crippen molar-refractivity contribution >= 4 is 15.9 Å². The van der Waals surface area contributed by atoms with Crippen molar-refractivity contribution in [1.82, 2.24) is 9.62 Å². The van der Waals surface area contributed by atoms with Gasteiger partial charge < -0.3 is 4.90 Å². The number of hydrogen-bond acceptors (Lipinski definition) is 3. The molecule has 27 heavy (non-hydrogen) atoms. The Labute approximate surface area is 161 Å². The predicted octanol–water partition coefficient (Wildman–Crippen LogP) is 3.14. The number of nitrogens with one attached hydrogen (secondary N) is 1. The average Bonchev–Trinajstić information content (AvgIpc) is 2.69. The summed E-state index contributed by atoms with van der Waals surface area (Å²) in [5, 5.41) is 0. The zero-order chi connectivity index (χ0) is 19.3. The lowest BCUT2D eigenvalue weighted by atomic mass is 10.1. The molecule has 1 N–H and O–H groups in total. The zero-order valence-electron chi connectivity index (χ0n) is 15.6. The number of aryl methyl sites for hydroxylation is 1. The van der Waals surface area contributed by atoms with Crippen LogP contribution in [0.25, 0.3) is 0 Å². The van der Waals surface area contributed by atoms with E-state index in [0.717, 1.165) is 43.5 Å². The second-order valence-corrected chi connectivity index (χ2v) is 8.73. The summed E-state index contributed by atoms with van der Waals surface area (Å²) in [6.45, 7) is 3.64. The maximum Gasteiger partial charge on any atom is 0.254 e. The smallest absolute Gasteiger partial charge is 0.254 e. The molecule has 0 aromatic heterocycles. The molecule has 1 aliphatic rings. The van der Waals surface area contributed by atoms with Crippen molar-refractivity contribution in [3.05, 3.63) is 65.2 Å². The summed E-state index contributed by atoms with van der Waals surface area (Å²) in [5.74, 6) is -0.0754. The third-order valence-corrected chi connectivity index (χ3v) is 6.40. The Kier molecular flexibility index (Phi) is 6.29. The molecule has 1 heterocycles. The maximum atomic E-state index is 12.8. The zero-order valence-corrected chi connectivity index (χ0v) is 16.5. The SMILES string of the molecule is Cc1ccc(S(=O)(=O)NCCc2ccccc2)cc1C(=O)N1CCCCC1. The molecule has 3 rings (SSSR count). The second-order valence-electron chi connectivity index (χ2n) is 6.96. The van der Waals surface area contributed by atoms with E-state index in [1.165, 1.54) is 6.07 Å². The minimum absolute atomic E-state index is 0.0754. The summed E-state index contributed by atoms with van der Waals surface area (Å²) in [4.78, 5) is 14.8. The molecule has 6 heteroatoms. The highest BCUT2D eigenvalue weighted by molar-refractivity contribution is 7.89. The standard InChI is InChI=1S/C21H26N2O3S/c1-17-10-11-19(16-20(17)21(24)23-14-6-3-7-15-23)27(25,26)22-13-12-18-8-4-2-5-9-18/h2,4-5,8-11,16,22H,3,6-7,12-15H2,1H3. The van der Waals surface area contributed by atoms with Crippen LogP contribution in [0.3, 0.4) is 0 Å². The van der Waals surface area contributed by atoms with Gasteiger partial charge in [-0.2, -0.15) is 0 Å². The van der Waals surface area contributed by atoms with Crippen molar-refractivity contribution in [3.8, 4) is 0 Å². The molecule has 5 nitrogen and oxygen atoms in total. The second kappa shape index (κ2) is 8.67. The van der Waals surface area contributed by atoms with Crippen LogP contribution in [0.5, 0.6) is 0 Å². The Morgan fingerprint density at radius 1 is 1.04 bits per heavy atom. The molecular weight excluding hydrogens is 360 g/mol. The minimum atomic E-state index is -3.65. The van der Waals surface area contributed by atoms with E-state index in [1.807, 2.05) is 42.2 Å². The highest BCUT2D eigenvalue weighted by Crippen LogP contribution is 2.20. The Morgan fingerprint density at radius 3 is 2.44 bits per heavy atom. The van der Waals surface area contributed by atoms with Crippen molar-refractivity contribution < 1.29 is 13.2 Å². The van der Waals surface area contributed by atoms with Gasteiger partial charge in [0.1, 0.15) is 0 Å². The van der Waals surface area contributed by atoms with Gasteiger partial charge in [-0.1, -0.05) is 36.4 Å². The number of carbonyl (C=O) groups is 1. The molecule has 1 amide bonds. The van der Waals surface area contributed by atoms with Gasteiger partial charge in [-0.05, 0) is 55.9 Å². The van der Waals surface area contributed by atoms with Gasteiger partial charge in [0.15, 0.2) is 0 Å². The Hall–Kier alpha value is -2.18. The van der Waals surface area contributed by atoms with Gasteiger partial charge in [-0.25, -0.2) is 13.1 Å². The normalized spacial score (nSPS) is 14.9. The van der Waals surface area contributed by atoms with Crippen LogP contribution in [0, 0.1) is 6.92 Å². The lowest BCUT2D eigenvalue weighted by molar-refractivity contribution is 0.0723. The van der Waals surface area contributed by atoms with Crippen LogP contribution in [-0.4, -0.2) is 38.9 Å². The number of nitrogens with zero attached hydrogens (tertiary/aromatic N) is 1. The first kappa shape index (κ1) is 19.6. The number of rotatable bonds is 6. The number of likely N-dealkylation sites (tertiary alicyclic amines) is 1. The van der Waals surface area contributed by atoms with Crippen LogP contribution in [0.1, 0.15) is 40.7 Å². The molecule has 0 unspecified atom stereocenters. The molecule has 0 aliphatic carbocycles. The van der Waals surface area contributed by atoms with E-state index in [-0.39, 0.29) is 10.8 Å². The Morgan fingerprint density at radius 2 is 1.74 bits per heavy atom. The lowest BCUT2D eigenvalue weighted by Gasteiger charge is -2.27. The molecule has 144 valence electrons. The number of hydrogen-bond donors (Lipinski definition) is 1. The fraction of sp³-hybridized carbons (Fsp3) is 0.381. The fourth-order valence-corrected chi connectivity index (χ4v) is 4.38. The maximum absolute atomic E-state index is 12.8. The summed E-state index contributed by atoms with van der Waals surface area (Å²) in [7, 11) is -3.65. The van der Waals surface area contributed by atoms with Crippen molar-refractivity contribution in [2.45, 2.75) is 37.5 Å². The Bertz CT molecular complexity index is 889. The lowest BCUT2D eigenvalue weighted by Crippen LogP contribution is -2.36. The van der Waals surface area contributed by atoms with Gasteiger partial charge in [0.2, 0.25) is 10.0 Å². The van der Waals surface area contributed by atoms with Crippen LogP contribution in [0.15, 0.2) is 53.4 Å². The summed E-state index contributed by atoms with van der Waals surface area (Å²) < 4.78 is 27.9. The quantitative estimate of drug-likeness (QED) is 0.829. The van der Waals surface area contributed by atoms with Crippen LogP contribution in [-0.2, 0) is 16.4 Å². The van der Waals surface area contributed by atoms with Crippen LogP contribution >= 0.6 is 0 Å². The van der Waals surface area contributed by atoms with Crippen molar-refractivity contribution in [1.29, 1.82) is 0 Å². The Balaban J connectivity index is 1.72. The van der Waals surface area contributed by atoms with Gasteiger partial charge in [0.05, 0.1) is 4.90 Å². The predicted molar refractivity (Wildman–Crippen MR) is 106 cm³/mol. The van der Waals surface area contributed by atoms with Crippen molar-refractivity contribution in [2.75, 3.05) is 19.6 Å². The first-order valence-corrected chi connectivity index (χ1v) is 10.9. The van der Waals surface area contributed by atoms with Gasteiger partial charge in [-0.3, -0.25) is 4.79 Å². The summed E-state index contributed by atoms with van der Waals surface area (Å²) >= 11 is 0. The van der Waals surface area contributed by atoms with Crippen LogP contribution in [0.4, 0.5) is 0 Å². The van der Waals surface area contributed by atoms with E-state index in [4.69, 9.17) is 0 Å². The first-order valence-electron chi connectivity index (χ1n) is 9.41. The first-order chi connectivity index (χ1) is 13.0. The van der Waals surface area contributed by atoms with Crippen LogP contribution < -0.4 is 4.72 Å². The molecule has 0 spiro atoms. The number of amides is 1. The number of benzene rings is 2. The van der Waals surface area contributed by atoms with E-state index in [9.17, 15) is 13.2 Å². The van der Waals surface area contributed by atoms with E-state index in [1.54, 1.807) is 12.1 Å². The van der Waals surface area contributed by atoms with Gasteiger partial charge >= 0.3 is 0 Å². The average molecular weight is 387 g/mol. The van der Waals surface area contributed by atoms with E-state index < -0.39 is 10.0 Å². The minimum Gasteiger partial charge on any atom is -0.339 e. The molecule has 0 saturated carbocycles. The van der Waals surface area contributed by atoms with Crippen molar-refractivity contribution in [3.63, 3.8) is 0 Å². The molecule has 2 aromatic carbocycles. The van der Waals surface area contributed by atoms with E-state index in [0.29, 0.717) is 18.5 Å². The third-order valence-electron chi connectivity index (χ3n) is 4.94. The molecular formula is C21H26N2O3S. The van der Waals surface area contributed by atoms with Gasteiger partial charge in [0, 0.05) is 25.2 Å². The summed E-state index contributed by atoms with van der Waals surface area (Å²) in [6.07, 6.45) is 3.77.